The Morgan fingerprint density at radius 1 is 0.608 bits per heavy atom. The van der Waals surface area contributed by atoms with Crippen molar-refractivity contribution in [2.24, 2.45) is 17.8 Å². The van der Waals surface area contributed by atoms with Crippen LogP contribution in [0.3, 0.4) is 0 Å². The van der Waals surface area contributed by atoms with Gasteiger partial charge in [-0.15, -0.1) is 0 Å². The molecule has 2 aromatic rings. The normalized spacial score (nSPS) is 11.7. The zero-order valence-corrected chi connectivity index (χ0v) is 31.0. The number of carboxylic acid groups (broad SMARTS) is 2. The third-order valence-corrected chi connectivity index (χ3v) is 8.23. The second-order valence-corrected chi connectivity index (χ2v) is 12.1. The van der Waals surface area contributed by atoms with Gasteiger partial charge in [-0.2, -0.15) is 0 Å². The lowest BCUT2D eigenvalue weighted by Crippen LogP contribution is -2.16. The van der Waals surface area contributed by atoms with Crippen molar-refractivity contribution < 1.29 is 49.4 Å². The number of hydrogen-bond acceptors (Lipinski definition) is 9. The minimum Gasteiger partial charge on any atom is -0.478 e. The molecule has 0 bridgehead atoms. The van der Waals surface area contributed by atoms with Gasteiger partial charge in [0.1, 0.15) is 11.4 Å². The van der Waals surface area contributed by atoms with Gasteiger partial charge in [-0.1, -0.05) is 107 Å². The van der Waals surface area contributed by atoms with Gasteiger partial charge in [0.15, 0.2) is 0 Å². The Hall–Kier alpha value is -3.90. The lowest BCUT2D eigenvalue weighted by Gasteiger charge is -2.15. The van der Waals surface area contributed by atoms with Gasteiger partial charge >= 0.3 is 23.9 Å². The van der Waals surface area contributed by atoms with E-state index in [0.717, 1.165) is 70.1 Å². The molecule has 0 spiro atoms. The van der Waals surface area contributed by atoms with Gasteiger partial charge in [-0.25, -0.2) is 29.1 Å². The van der Waals surface area contributed by atoms with Crippen molar-refractivity contribution in [3.8, 4) is 0 Å². The van der Waals surface area contributed by atoms with Crippen molar-refractivity contribution in [3.05, 3.63) is 59.2 Å². The molecule has 3 unspecified atom stereocenters. The van der Waals surface area contributed by atoms with Crippen molar-refractivity contribution in [2.75, 3.05) is 19.8 Å². The molecule has 0 aliphatic carbocycles. The molecular weight excluding hydrogens is 656 g/mol. The van der Waals surface area contributed by atoms with Crippen LogP contribution in [0.5, 0.6) is 0 Å². The van der Waals surface area contributed by atoms with E-state index in [1.165, 1.54) is 37.6 Å². The van der Waals surface area contributed by atoms with E-state index in [0.29, 0.717) is 43.1 Å². The summed E-state index contributed by atoms with van der Waals surface area (Å²) in [5.41, 5.74) is 0.382. The second kappa shape index (κ2) is 32.0. The van der Waals surface area contributed by atoms with E-state index >= 15 is 0 Å². The Labute approximate surface area is 305 Å². The summed E-state index contributed by atoms with van der Waals surface area (Å²) in [6.45, 7) is 14.1. The fourth-order valence-corrected chi connectivity index (χ4v) is 4.54. The Kier molecular flexibility index (Phi) is 32.3. The maximum atomic E-state index is 12.2. The van der Waals surface area contributed by atoms with Gasteiger partial charge in [-0.05, 0) is 61.3 Å². The van der Waals surface area contributed by atoms with Crippen LogP contribution in [0.2, 0.25) is 0 Å². The molecule has 0 aliphatic heterocycles. The largest absolute Gasteiger partial charge is 0.478 e. The number of carbonyl (C=O) groups is 4. The lowest BCUT2D eigenvalue weighted by atomic mass is 10.0. The summed E-state index contributed by atoms with van der Waals surface area (Å²) >= 11 is 0. The quantitative estimate of drug-likeness (QED) is 0.104. The highest BCUT2D eigenvalue weighted by Gasteiger charge is 2.16. The highest BCUT2D eigenvalue weighted by molar-refractivity contribution is 5.91. The Bertz CT molecular complexity index is 1100. The zero-order chi connectivity index (χ0) is 37.0. The van der Waals surface area contributed by atoms with Crippen molar-refractivity contribution in [1.82, 2.24) is 9.97 Å². The van der Waals surface area contributed by atoms with Gasteiger partial charge in [-0.3, -0.25) is 0 Å². The average molecular weight is 723 g/mol. The van der Waals surface area contributed by atoms with Crippen LogP contribution >= 0.6 is 0 Å². The molecular formula is C39H66N2O10. The summed E-state index contributed by atoms with van der Waals surface area (Å²) in [5.74, 6) is -1.80. The second-order valence-electron chi connectivity index (χ2n) is 12.1. The smallest absolute Gasteiger partial charge is 0.356 e. The van der Waals surface area contributed by atoms with Crippen LogP contribution in [-0.2, 0) is 9.47 Å². The molecule has 292 valence electrons. The summed E-state index contributed by atoms with van der Waals surface area (Å²) in [4.78, 5) is 52.4. The van der Waals surface area contributed by atoms with Gasteiger partial charge in [0.05, 0.1) is 24.3 Å². The number of rotatable bonds is 21. The Morgan fingerprint density at radius 3 is 1.37 bits per heavy atom. The van der Waals surface area contributed by atoms with E-state index in [9.17, 15) is 19.2 Å². The number of hydrogen-bond donors (Lipinski definition) is 3. The molecule has 0 aliphatic rings. The van der Waals surface area contributed by atoms with Crippen LogP contribution in [0.4, 0.5) is 0 Å². The average Bonchev–Trinajstić information content (AvgIpc) is 3.12. The summed E-state index contributed by atoms with van der Waals surface area (Å²) in [7, 11) is 0. The molecule has 5 N–H and O–H groups in total. The predicted molar refractivity (Wildman–Crippen MR) is 200 cm³/mol. The summed E-state index contributed by atoms with van der Waals surface area (Å²) in [5, 5.41) is 25.6. The molecule has 0 radical (unpaired) electrons. The van der Waals surface area contributed by atoms with Crippen LogP contribution in [0.1, 0.15) is 168 Å². The molecule has 12 heteroatoms. The number of unbranched alkanes of at least 4 members (excludes halogenated alkanes) is 3. The maximum absolute atomic E-state index is 12.2. The SMILES string of the molecule is C.CCCCC(CC)CO.CCCCC(CC)COC(=O)c1ccc(C(=O)OCC(CC)CCCC)nc1.O.O=C(O)c1ccc(C(=O)O)nc1. The number of ether oxygens (including phenoxy) is 2. The molecule has 0 amide bonds. The molecule has 3 atom stereocenters. The van der Waals surface area contributed by atoms with E-state index in [2.05, 4.69) is 51.5 Å². The first-order valence-electron chi connectivity index (χ1n) is 17.8. The minimum absolute atomic E-state index is 0. The van der Waals surface area contributed by atoms with E-state index in [1.807, 2.05) is 0 Å². The number of carbonyl (C=O) groups excluding carboxylic acids is 2. The van der Waals surface area contributed by atoms with Crippen LogP contribution in [0.15, 0.2) is 36.7 Å². The minimum atomic E-state index is -1.17. The fourth-order valence-electron chi connectivity index (χ4n) is 4.54. The molecule has 51 heavy (non-hydrogen) atoms. The monoisotopic (exact) mass is 722 g/mol. The van der Waals surface area contributed by atoms with Crippen LogP contribution in [0.25, 0.3) is 0 Å². The fraction of sp³-hybridized carbons (Fsp3) is 0.641. The van der Waals surface area contributed by atoms with Crippen LogP contribution < -0.4 is 0 Å². The molecule has 12 nitrogen and oxygen atoms in total. The van der Waals surface area contributed by atoms with Crippen molar-refractivity contribution in [1.29, 1.82) is 0 Å². The summed E-state index contributed by atoms with van der Waals surface area (Å²) in [6, 6.07) is 5.44. The number of carboxylic acids is 2. The van der Waals surface area contributed by atoms with Crippen LogP contribution in [0, 0.1) is 17.8 Å². The number of esters is 2. The number of aliphatic hydroxyl groups is 1. The number of aromatic nitrogens is 2. The highest BCUT2D eigenvalue weighted by Crippen LogP contribution is 2.16. The van der Waals surface area contributed by atoms with E-state index in [-0.39, 0.29) is 29.9 Å². The zero-order valence-electron chi connectivity index (χ0n) is 31.0. The maximum Gasteiger partial charge on any atom is 0.356 e. The lowest BCUT2D eigenvalue weighted by molar-refractivity contribution is 0.0408. The molecule has 0 fully saturated rings. The molecule has 2 rings (SSSR count). The third kappa shape index (κ3) is 23.2. The van der Waals surface area contributed by atoms with Crippen molar-refractivity contribution >= 4 is 23.9 Å². The molecule has 0 aromatic carbocycles. The number of pyridine rings is 2. The first-order valence-corrected chi connectivity index (χ1v) is 17.8. The highest BCUT2D eigenvalue weighted by atomic mass is 16.5. The van der Waals surface area contributed by atoms with Gasteiger partial charge in [0.25, 0.3) is 0 Å². The Morgan fingerprint density at radius 2 is 1.02 bits per heavy atom. The third-order valence-electron chi connectivity index (χ3n) is 8.23. The van der Waals surface area contributed by atoms with E-state index < -0.39 is 23.9 Å². The number of nitrogens with zero attached hydrogens (tertiary/aromatic N) is 2. The van der Waals surface area contributed by atoms with Crippen molar-refractivity contribution in [2.45, 2.75) is 126 Å². The molecule has 2 aromatic heterocycles. The molecule has 2 heterocycles. The molecule has 0 saturated carbocycles. The van der Waals surface area contributed by atoms with Gasteiger partial charge in [0, 0.05) is 19.0 Å². The topological polar surface area (TPSA) is 205 Å². The summed E-state index contributed by atoms with van der Waals surface area (Å²) < 4.78 is 10.8. The number of aliphatic hydroxyl groups excluding tert-OH is 1. The predicted octanol–water partition coefficient (Wildman–Crippen LogP) is 8.31. The molecule has 0 saturated heterocycles. The van der Waals surface area contributed by atoms with Gasteiger partial charge < -0.3 is 30.3 Å². The Balaban J connectivity index is -0.000000823. The first-order chi connectivity index (χ1) is 23.5. The number of aromatic carboxylic acids is 2. The van der Waals surface area contributed by atoms with Crippen LogP contribution in [-0.4, -0.2) is 74.5 Å². The van der Waals surface area contributed by atoms with Crippen molar-refractivity contribution in [3.63, 3.8) is 0 Å². The standard InChI is InChI=1S/C23H37NO4.C8H18O.C7H5NO4.CH4.H2O/c1-5-9-11-18(7-3)16-27-22(25)20-13-14-21(24-15-20)23(26)28-17-19(8-4)12-10-6-2;1-3-5-6-8(4-2)7-9;9-6(10)4-1-2-5(7(11)12)8-3-4;;/h13-15,18-19H,5-12,16-17H2,1-4H3;8-9H,3-7H2,1-2H3;1-3H,(H,9,10)(H,11,12);1H4;1H2. The van der Waals surface area contributed by atoms with E-state index in [1.54, 1.807) is 6.07 Å². The van der Waals surface area contributed by atoms with Gasteiger partial charge in [0.2, 0.25) is 0 Å². The summed E-state index contributed by atoms with van der Waals surface area (Å²) in [6.07, 6.45) is 15.9. The first kappa shape index (κ1) is 51.5. The van der Waals surface area contributed by atoms with E-state index in [4.69, 9.17) is 24.8 Å².